The van der Waals surface area contributed by atoms with Crippen LogP contribution in [0.15, 0.2) is 59.8 Å². The molecule has 3 aromatic rings. The zero-order chi connectivity index (χ0) is 16.1. The first kappa shape index (κ1) is 15.4. The molecule has 0 spiro atoms. The number of hydrogen-bond donors (Lipinski definition) is 0. The molecule has 4 heteroatoms. The lowest BCUT2D eigenvalue weighted by Crippen LogP contribution is -1.95. The Hall–Kier alpha value is -2.51. The lowest BCUT2D eigenvalue weighted by atomic mass is 10.1. The number of nitrogens with zero attached hydrogens (tertiary/aromatic N) is 3. The quantitative estimate of drug-likeness (QED) is 0.541. The van der Waals surface area contributed by atoms with Gasteiger partial charge in [-0.05, 0) is 25.1 Å². The SMILES string of the molecule is Cc1cccc(-c2nnc(SCC#Cc3ccccc3)n2C)c1. The van der Waals surface area contributed by atoms with E-state index in [1.165, 1.54) is 5.56 Å². The van der Waals surface area contributed by atoms with Crippen molar-refractivity contribution in [1.29, 1.82) is 0 Å². The highest BCUT2D eigenvalue weighted by atomic mass is 32.2. The van der Waals surface area contributed by atoms with Crippen LogP contribution in [0.1, 0.15) is 11.1 Å². The van der Waals surface area contributed by atoms with Gasteiger partial charge in [0.1, 0.15) is 0 Å². The van der Waals surface area contributed by atoms with Gasteiger partial charge < -0.3 is 4.57 Å². The van der Waals surface area contributed by atoms with Crippen LogP contribution < -0.4 is 0 Å². The molecule has 0 atom stereocenters. The molecule has 2 aromatic carbocycles. The summed E-state index contributed by atoms with van der Waals surface area (Å²) in [6.45, 7) is 2.08. The molecule has 23 heavy (non-hydrogen) atoms. The van der Waals surface area contributed by atoms with Crippen LogP contribution in [0.2, 0.25) is 0 Å². The fourth-order valence-electron chi connectivity index (χ4n) is 2.24. The second-order valence-corrected chi connectivity index (χ2v) is 6.13. The molecule has 0 saturated carbocycles. The van der Waals surface area contributed by atoms with Gasteiger partial charge in [-0.25, -0.2) is 0 Å². The van der Waals surface area contributed by atoms with Crippen molar-refractivity contribution in [3.63, 3.8) is 0 Å². The maximum atomic E-state index is 4.31. The maximum Gasteiger partial charge on any atom is 0.192 e. The third kappa shape index (κ3) is 3.82. The highest BCUT2D eigenvalue weighted by Crippen LogP contribution is 2.22. The van der Waals surface area contributed by atoms with Gasteiger partial charge in [-0.3, -0.25) is 0 Å². The average Bonchev–Trinajstić information content (AvgIpc) is 2.93. The molecule has 1 heterocycles. The van der Waals surface area contributed by atoms with E-state index in [4.69, 9.17) is 0 Å². The molecule has 0 amide bonds. The third-order valence-corrected chi connectivity index (χ3v) is 4.29. The Morgan fingerprint density at radius 1 is 1.04 bits per heavy atom. The van der Waals surface area contributed by atoms with E-state index in [1.54, 1.807) is 11.8 Å². The third-order valence-electron chi connectivity index (χ3n) is 3.39. The van der Waals surface area contributed by atoms with Crippen molar-refractivity contribution in [3.05, 3.63) is 65.7 Å². The standard InChI is InChI=1S/C19H17N3S/c1-15-8-6-12-17(14-15)18-20-21-19(22(18)2)23-13-7-11-16-9-4-3-5-10-16/h3-6,8-10,12,14H,13H2,1-2H3. The Morgan fingerprint density at radius 2 is 1.87 bits per heavy atom. The highest BCUT2D eigenvalue weighted by molar-refractivity contribution is 7.99. The summed E-state index contributed by atoms with van der Waals surface area (Å²) in [6.07, 6.45) is 0. The molecule has 0 aliphatic carbocycles. The monoisotopic (exact) mass is 319 g/mol. The lowest BCUT2D eigenvalue weighted by Gasteiger charge is -2.03. The van der Waals surface area contributed by atoms with Crippen LogP contribution in [-0.4, -0.2) is 20.5 Å². The fraction of sp³-hybridized carbons (Fsp3) is 0.158. The minimum absolute atomic E-state index is 0.689. The van der Waals surface area contributed by atoms with E-state index in [1.807, 2.05) is 48.0 Å². The molecule has 0 N–H and O–H groups in total. The minimum atomic E-state index is 0.689. The maximum absolute atomic E-state index is 4.31. The minimum Gasteiger partial charge on any atom is -0.305 e. The molecule has 0 saturated heterocycles. The molecule has 3 rings (SSSR count). The van der Waals surface area contributed by atoms with Crippen LogP contribution in [-0.2, 0) is 7.05 Å². The van der Waals surface area contributed by atoms with Gasteiger partial charge in [0.05, 0.1) is 5.75 Å². The first-order chi connectivity index (χ1) is 11.2. The summed E-state index contributed by atoms with van der Waals surface area (Å²) in [5, 5.41) is 9.46. The molecule has 0 fully saturated rings. The van der Waals surface area contributed by atoms with Crippen LogP contribution >= 0.6 is 11.8 Å². The average molecular weight is 319 g/mol. The van der Waals surface area contributed by atoms with Gasteiger partial charge in [-0.15, -0.1) is 10.2 Å². The molecular weight excluding hydrogens is 302 g/mol. The summed E-state index contributed by atoms with van der Waals surface area (Å²) in [5.41, 5.74) is 3.34. The van der Waals surface area contributed by atoms with Crippen LogP contribution in [0.25, 0.3) is 11.4 Å². The number of benzene rings is 2. The van der Waals surface area contributed by atoms with Gasteiger partial charge >= 0.3 is 0 Å². The fourth-order valence-corrected chi connectivity index (χ4v) is 2.89. The largest absolute Gasteiger partial charge is 0.305 e. The van der Waals surface area contributed by atoms with E-state index in [9.17, 15) is 0 Å². The van der Waals surface area contributed by atoms with Crippen molar-refractivity contribution >= 4 is 11.8 Å². The number of hydrogen-bond acceptors (Lipinski definition) is 3. The Bertz CT molecular complexity index is 857. The van der Waals surface area contributed by atoms with Crippen LogP contribution in [0.4, 0.5) is 0 Å². The Labute approximate surface area is 140 Å². The van der Waals surface area contributed by atoms with Crippen molar-refractivity contribution in [2.24, 2.45) is 7.05 Å². The summed E-state index contributed by atoms with van der Waals surface area (Å²) in [4.78, 5) is 0. The van der Waals surface area contributed by atoms with E-state index >= 15 is 0 Å². The summed E-state index contributed by atoms with van der Waals surface area (Å²) in [5.74, 6) is 7.89. The first-order valence-electron chi connectivity index (χ1n) is 7.37. The topological polar surface area (TPSA) is 30.7 Å². The van der Waals surface area contributed by atoms with Crippen molar-refractivity contribution < 1.29 is 0 Å². The van der Waals surface area contributed by atoms with E-state index < -0.39 is 0 Å². The number of aromatic nitrogens is 3. The molecule has 3 nitrogen and oxygen atoms in total. The number of rotatable bonds is 3. The number of thioether (sulfide) groups is 1. The molecule has 0 aliphatic rings. The highest BCUT2D eigenvalue weighted by Gasteiger charge is 2.10. The van der Waals surface area contributed by atoms with E-state index in [0.717, 1.165) is 22.1 Å². The van der Waals surface area contributed by atoms with Gasteiger partial charge in [-0.2, -0.15) is 0 Å². The van der Waals surface area contributed by atoms with Crippen LogP contribution in [0.3, 0.4) is 0 Å². The van der Waals surface area contributed by atoms with E-state index in [0.29, 0.717) is 5.75 Å². The molecule has 0 bridgehead atoms. The Morgan fingerprint density at radius 3 is 2.65 bits per heavy atom. The second kappa shape index (κ2) is 7.17. The summed E-state index contributed by atoms with van der Waals surface area (Å²) in [7, 11) is 1.99. The molecule has 0 aliphatic heterocycles. The first-order valence-corrected chi connectivity index (χ1v) is 8.36. The zero-order valence-electron chi connectivity index (χ0n) is 13.2. The molecular formula is C19H17N3S. The van der Waals surface area contributed by atoms with Crippen LogP contribution in [0.5, 0.6) is 0 Å². The predicted molar refractivity (Wildman–Crippen MR) is 95.2 cm³/mol. The predicted octanol–water partition coefficient (Wildman–Crippen LogP) is 3.93. The van der Waals surface area contributed by atoms with E-state index in [2.05, 4.69) is 47.2 Å². The molecule has 0 unspecified atom stereocenters. The molecule has 1 aromatic heterocycles. The number of aryl methyl sites for hydroxylation is 1. The smallest absolute Gasteiger partial charge is 0.192 e. The molecule has 114 valence electrons. The summed E-state index contributed by atoms with van der Waals surface area (Å²) in [6, 6.07) is 18.3. The van der Waals surface area contributed by atoms with Gasteiger partial charge in [0, 0.05) is 18.2 Å². The van der Waals surface area contributed by atoms with Gasteiger partial charge in [-0.1, -0.05) is 65.6 Å². The normalized spacial score (nSPS) is 10.2. The van der Waals surface area contributed by atoms with Gasteiger partial charge in [0.15, 0.2) is 11.0 Å². The second-order valence-electron chi connectivity index (χ2n) is 5.19. The molecule has 0 radical (unpaired) electrons. The van der Waals surface area contributed by atoms with Gasteiger partial charge in [0.2, 0.25) is 0 Å². The van der Waals surface area contributed by atoms with Crippen LogP contribution in [0, 0.1) is 18.8 Å². The lowest BCUT2D eigenvalue weighted by molar-refractivity contribution is 0.795. The Kier molecular flexibility index (Phi) is 4.80. The summed E-state index contributed by atoms with van der Waals surface area (Å²) < 4.78 is 2.02. The summed E-state index contributed by atoms with van der Waals surface area (Å²) >= 11 is 1.60. The van der Waals surface area contributed by atoms with Crippen molar-refractivity contribution in [2.75, 3.05) is 5.75 Å². The van der Waals surface area contributed by atoms with Gasteiger partial charge in [0.25, 0.3) is 0 Å². The Balaban J connectivity index is 1.70. The zero-order valence-corrected chi connectivity index (χ0v) is 14.0. The van der Waals surface area contributed by atoms with Crippen molar-refractivity contribution in [2.45, 2.75) is 12.1 Å². The van der Waals surface area contributed by atoms with Crippen molar-refractivity contribution in [1.82, 2.24) is 14.8 Å². The van der Waals surface area contributed by atoms with Crippen molar-refractivity contribution in [3.8, 4) is 23.2 Å². The van der Waals surface area contributed by atoms with E-state index in [-0.39, 0.29) is 0 Å².